The summed E-state index contributed by atoms with van der Waals surface area (Å²) in [6.07, 6.45) is 1.66. The number of aryl methyl sites for hydroxylation is 2. The van der Waals surface area contributed by atoms with E-state index in [1.165, 1.54) is 29.2 Å². The monoisotopic (exact) mass is 410 g/mol. The highest BCUT2D eigenvalue weighted by molar-refractivity contribution is 7.98. The Bertz CT molecular complexity index is 1070. The number of alkyl halides is 3. The molecule has 0 amide bonds. The van der Waals surface area contributed by atoms with Crippen LogP contribution in [0.1, 0.15) is 35.5 Å². The Morgan fingerprint density at radius 3 is 2.70 bits per heavy atom. The van der Waals surface area contributed by atoms with Crippen molar-refractivity contribution in [3.63, 3.8) is 0 Å². The van der Waals surface area contributed by atoms with Gasteiger partial charge in [0.1, 0.15) is 4.83 Å². The molecule has 0 saturated heterocycles. The lowest BCUT2D eigenvalue weighted by Gasteiger charge is -2.15. The van der Waals surface area contributed by atoms with Gasteiger partial charge < -0.3 is 0 Å². The Hall–Kier alpha value is -1.80. The molecule has 0 fully saturated rings. The van der Waals surface area contributed by atoms with Gasteiger partial charge in [-0.3, -0.25) is 9.36 Å². The van der Waals surface area contributed by atoms with Crippen molar-refractivity contribution in [3.05, 3.63) is 50.9 Å². The molecule has 0 atom stereocenters. The molecule has 2 aromatic heterocycles. The second-order valence-electron chi connectivity index (χ2n) is 6.52. The van der Waals surface area contributed by atoms with Crippen LogP contribution in [0.3, 0.4) is 0 Å². The van der Waals surface area contributed by atoms with Gasteiger partial charge in [0.05, 0.1) is 11.1 Å². The van der Waals surface area contributed by atoms with E-state index in [1.807, 2.05) is 6.26 Å². The maximum absolute atomic E-state index is 13.8. The van der Waals surface area contributed by atoms with Crippen molar-refractivity contribution < 1.29 is 13.2 Å². The summed E-state index contributed by atoms with van der Waals surface area (Å²) >= 11 is 2.65. The van der Waals surface area contributed by atoms with Gasteiger partial charge in [0.2, 0.25) is 5.82 Å². The van der Waals surface area contributed by atoms with Gasteiger partial charge in [-0.15, -0.1) is 23.1 Å². The summed E-state index contributed by atoms with van der Waals surface area (Å²) in [5.41, 5.74) is 0.473. The van der Waals surface area contributed by atoms with Gasteiger partial charge in [-0.1, -0.05) is 12.5 Å². The Morgan fingerprint density at radius 2 is 1.96 bits per heavy atom. The van der Waals surface area contributed by atoms with E-state index in [1.54, 1.807) is 18.2 Å². The highest BCUT2D eigenvalue weighted by Gasteiger charge is 2.38. The first kappa shape index (κ1) is 18.6. The van der Waals surface area contributed by atoms with Crippen LogP contribution in [0.5, 0.6) is 0 Å². The zero-order chi connectivity index (χ0) is 19.2. The molecule has 0 saturated carbocycles. The van der Waals surface area contributed by atoms with Crippen LogP contribution in [-0.2, 0) is 19.0 Å². The molecule has 8 heteroatoms. The number of nitrogens with zero attached hydrogens (tertiary/aromatic N) is 2. The SMILES string of the molecule is CSc1cccc(-n2c(C(F)(F)F)nc3sc4c(c3c2=O)CCCCC4)c1. The molecule has 4 rings (SSSR count). The highest BCUT2D eigenvalue weighted by atomic mass is 32.2. The van der Waals surface area contributed by atoms with Crippen molar-refractivity contribution in [1.82, 2.24) is 9.55 Å². The molecule has 2 heterocycles. The molecule has 142 valence electrons. The molecular weight excluding hydrogens is 393 g/mol. The average Bonchev–Trinajstić information content (AvgIpc) is 2.83. The van der Waals surface area contributed by atoms with Crippen molar-refractivity contribution >= 4 is 33.3 Å². The number of thioether (sulfide) groups is 1. The number of halogens is 3. The van der Waals surface area contributed by atoms with E-state index in [9.17, 15) is 18.0 Å². The number of hydrogen-bond acceptors (Lipinski definition) is 4. The fourth-order valence-corrected chi connectivity index (χ4v) is 5.27. The Labute approximate surface area is 162 Å². The number of benzene rings is 1. The van der Waals surface area contributed by atoms with Crippen LogP contribution in [0.15, 0.2) is 34.0 Å². The molecule has 1 aromatic carbocycles. The van der Waals surface area contributed by atoms with E-state index >= 15 is 0 Å². The summed E-state index contributed by atoms with van der Waals surface area (Å²) in [6, 6.07) is 6.58. The molecule has 0 bridgehead atoms. The van der Waals surface area contributed by atoms with E-state index < -0.39 is 17.6 Å². The van der Waals surface area contributed by atoms with Crippen molar-refractivity contribution in [2.75, 3.05) is 6.26 Å². The summed E-state index contributed by atoms with van der Waals surface area (Å²) in [5.74, 6) is -1.16. The molecule has 1 aliphatic rings. The summed E-state index contributed by atoms with van der Waals surface area (Å²) < 4.78 is 42.0. The normalized spacial score (nSPS) is 15.0. The smallest absolute Gasteiger partial charge is 0.268 e. The fourth-order valence-electron chi connectivity index (χ4n) is 3.56. The lowest BCUT2D eigenvalue weighted by Crippen LogP contribution is -2.28. The van der Waals surface area contributed by atoms with Gasteiger partial charge in [-0.2, -0.15) is 13.2 Å². The molecule has 27 heavy (non-hydrogen) atoms. The quantitative estimate of drug-likeness (QED) is 0.416. The lowest BCUT2D eigenvalue weighted by atomic mass is 10.1. The largest absolute Gasteiger partial charge is 0.450 e. The van der Waals surface area contributed by atoms with Crippen LogP contribution in [-0.4, -0.2) is 15.8 Å². The second-order valence-corrected chi connectivity index (χ2v) is 8.48. The maximum Gasteiger partial charge on any atom is 0.450 e. The van der Waals surface area contributed by atoms with Crippen molar-refractivity contribution in [3.8, 4) is 5.69 Å². The average molecular weight is 410 g/mol. The lowest BCUT2D eigenvalue weighted by molar-refractivity contribution is -0.146. The zero-order valence-electron chi connectivity index (χ0n) is 14.6. The van der Waals surface area contributed by atoms with Crippen LogP contribution in [0, 0.1) is 0 Å². The van der Waals surface area contributed by atoms with Crippen LogP contribution in [0.4, 0.5) is 13.2 Å². The molecule has 0 N–H and O–H groups in total. The zero-order valence-corrected chi connectivity index (χ0v) is 16.2. The third kappa shape index (κ3) is 3.29. The Morgan fingerprint density at radius 1 is 1.19 bits per heavy atom. The Balaban J connectivity index is 2.07. The van der Waals surface area contributed by atoms with Gasteiger partial charge in [0.25, 0.3) is 5.56 Å². The van der Waals surface area contributed by atoms with Gasteiger partial charge >= 0.3 is 6.18 Å². The third-order valence-corrected chi connectivity index (χ3v) is 6.72. The third-order valence-electron chi connectivity index (χ3n) is 4.80. The van der Waals surface area contributed by atoms with Gasteiger partial charge in [0.15, 0.2) is 0 Å². The predicted molar refractivity (Wildman–Crippen MR) is 103 cm³/mol. The van der Waals surface area contributed by atoms with Crippen LogP contribution >= 0.6 is 23.1 Å². The summed E-state index contributed by atoms with van der Waals surface area (Å²) in [6.45, 7) is 0. The van der Waals surface area contributed by atoms with E-state index in [2.05, 4.69) is 4.98 Å². The highest BCUT2D eigenvalue weighted by Crippen LogP contribution is 2.36. The standard InChI is InChI=1S/C19H17F3N2OS2/c1-26-12-7-5-6-11(10-12)24-17(25)15-13-8-3-2-4-9-14(13)27-16(15)23-18(24)19(20,21)22/h5-7,10H,2-4,8-9H2,1H3. The van der Waals surface area contributed by atoms with E-state index in [4.69, 9.17) is 0 Å². The minimum Gasteiger partial charge on any atom is -0.268 e. The molecular formula is C19H17F3N2OS2. The predicted octanol–water partition coefficient (Wildman–Crippen LogP) is 5.46. The minimum atomic E-state index is -4.72. The molecule has 3 nitrogen and oxygen atoms in total. The van der Waals surface area contributed by atoms with Crippen molar-refractivity contribution in [2.24, 2.45) is 0 Å². The van der Waals surface area contributed by atoms with Gasteiger partial charge in [-0.25, -0.2) is 4.98 Å². The molecule has 0 aliphatic heterocycles. The first-order valence-corrected chi connectivity index (χ1v) is 10.7. The molecule has 1 aliphatic carbocycles. The topological polar surface area (TPSA) is 34.9 Å². The van der Waals surface area contributed by atoms with Crippen LogP contribution in [0.2, 0.25) is 0 Å². The first-order valence-electron chi connectivity index (χ1n) is 8.69. The maximum atomic E-state index is 13.8. The number of thiophene rings is 1. The van der Waals surface area contributed by atoms with E-state index in [-0.39, 0.29) is 10.5 Å². The number of fused-ring (bicyclic) bond motifs is 3. The van der Waals surface area contributed by atoms with Crippen molar-refractivity contribution in [1.29, 1.82) is 0 Å². The number of hydrogen-bond donors (Lipinski definition) is 0. The molecule has 0 unspecified atom stereocenters. The summed E-state index contributed by atoms with van der Waals surface area (Å²) in [5, 5.41) is 0.361. The van der Waals surface area contributed by atoms with Crippen LogP contribution in [0.25, 0.3) is 15.9 Å². The van der Waals surface area contributed by atoms with Crippen LogP contribution < -0.4 is 5.56 Å². The molecule has 3 aromatic rings. The minimum absolute atomic E-state index is 0.196. The summed E-state index contributed by atoms with van der Waals surface area (Å²) in [4.78, 5) is 19.2. The van der Waals surface area contributed by atoms with Crippen molar-refractivity contribution in [2.45, 2.75) is 43.2 Å². The number of rotatable bonds is 2. The van der Waals surface area contributed by atoms with E-state index in [0.717, 1.165) is 52.0 Å². The molecule has 0 radical (unpaired) electrons. The first-order chi connectivity index (χ1) is 12.9. The number of aromatic nitrogens is 2. The second kappa shape index (κ2) is 6.98. The fraction of sp³-hybridized carbons (Fsp3) is 0.368. The van der Waals surface area contributed by atoms with Gasteiger partial charge in [-0.05, 0) is 55.7 Å². The summed E-state index contributed by atoms with van der Waals surface area (Å²) in [7, 11) is 0. The molecule has 0 spiro atoms. The Kier molecular flexibility index (Phi) is 4.80. The van der Waals surface area contributed by atoms with Gasteiger partial charge in [0, 0.05) is 9.77 Å². The van der Waals surface area contributed by atoms with E-state index in [0.29, 0.717) is 5.39 Å².